The number of methoxy groups -OCH3 is 1. The molecule has 2 fully saturated rings. The predicted molar refractivity (Wildman–Crippen MR) is 96.8 cm³/mol. The van der Waals surface area contributed by atoms with E-state index in [0.29, 0.717) is 19.6 Å². The summed E-state index contributed by atoms with van der Waals surface area (Å²) in [4.78, 5) is 30.4. The first-order valence-corrected chi connectivity index (χ1v) is 9.02. The van der Waals surface area contributed by atoms with Crippen LogP contribution in [0.3, 0.4) is 0 Å². The zero-order chi connectivity index (χ0) is 17.8. The van der Waals surface area contributed by atoms with Crippen molar-refractivity contribution in [2.45, 2.75) is 19.8 Å². The lowest BCUT2D eigenvalue weighted by Gasteiger charge is -2.39. The van der Waals surface area contributed by atoms with E-state index < -0.39 is 0 Å². The summed E-state index contributed by atoms with van der Waals surface area (Å²) in [5, 5.41) is 0. The first kappa shape index (κ1) is 17.6. The molecule has 2 heterocycles. The Morgan fingerprint density at radius 2 is 1.76 bits per heavy atom. The second kappa shape index (κ2) is 7.76. The molecular formula is C19H27N3O3. The molecule has 3 rings (SSSR count). The summed E-state index contributed by atoms with van der Waals surface area (Å²) in [6.07, 6.45) is 1.80. The van der Waals surface area contributed by atoms with Crippen molar-refractivity contribution in [2.24, 2.45) is 5.92 Å². The van der Waals surface area contributed by atoms with Crippen LogP contribution in [-0.4, -0.2) is 68.0 Å². The number of hydrogen-bond acceptors (Lipinski definition) is 4. The molecule has 1 unspecified atom stereocenters. The number of carbonyl (C=O) groups is 2. The number of para-hydroxylation sites is 2. The fourth-order valence-electron chi connectivity index (χ4n) is 3.78. The molecule has 0 N–H and O–H groups in total. The summed E-state index contributed by atoms with van der Waals surface area (Å²) in [5.41, 5.74) is 1.08. The van der Waals surface area contributed by atoms with Crippen LogP contribution >= 0.6 is 0 Å². The molecule has 0 aromatic heterocycles. The zero-order valence-electron chi connectivity index (χ0n) is 15.1. The van der Waals surface area contributed by atoms with Crippen molar-refractivity contribution in [3.8, 4) is 5.75 Å². The van der Waals surface area contributed by atoms with Crippen LogP contribution in [0.5, 0.6) is 5.75 Å². The molecule has 6 nitrogen and oxygen atoms in total. The predicted octanol–water partition coefficient (Wildman–Crippen LogP) is 1.60. The van der Waals surface area contributed by atoms with Crippen molar-refractivity contribution in [2.75, 3.05) is 51.3 Å². The molecule has 25 heavy (non-hydrogen) atoms. The molecule has 2 aliphatic rings. The third-order valence-electron chi connectivity index (χ3n) is 5.23. The zero-order valence-corrected chi connectivity index (χ0v) is 15.1. The highest BCUT2D eigenvalue weighted by Crippen LogP contribution is 2.29. The molecule has 1 aromatic carbocycles. The number of rotatable bonds is 3. The molecule has 0 radical (unpaired) electrons. The maximum Gasteiger partial charge on any atom is 0.227 e. The van der Waals surface area contributed by atoms with Crippen molar-refractivity contribution in [1.82, 2.24) is 9.80 Å². The maximum absolute atomic E-state index is 12.8. The normalized spacial score (nSPS) is 21.2. The fraction of sp³-hybridized carbons (Fsp3) is 0.579. The Kier molecular flexibility index (Phi) is 5.46. The van der Waals surface area contributed by atoms with E-state index in [1.54, 1.807) is 18.9 Å². The van der Waals surface area contributed by atoms with Gasteiger partial charge in [-0.1, -0.05) is 12.1 Å². The molecule has 1 atom stereocenters. The number of anilines is 1. The average molecular weight is 345 g/mol. The highest BCUT2D eigenvalue weighted by molar-refractivity contribution is 5.81. The average Bonchev–Trinajstić information content (AvgIpc) is 2.67. The second-order valence-corrected chi connectivity index (χ2v) is 6.79. The number of likely N-dealkylation sites (tertiary alicyclic amines) is 1. The van der Waals surface area contributed by atoms with E-state index >= 15 is 0 Å². The molecular weight excluding hydrogens is 318 g/mol. The standard InChI is InChI=1S/C19H27N3O3/c1-15(23)22-9-5-6-16(14-22)19(24)21-12-10-20(11-13-21)17-7-3-4-8-18(17)25-2/h3-4,7-8,16H,5-6,9-14H2,1-2H3. The first-order chi connectivity index (χ1) is 12.1. The number of piperazine rings is 1. The second-order valence-electron chi connectivity index (χ2n) is 6.79. The summed E-state index contributed by atoms with van der Waals surface area (Å²) in [5.74, 6) is 1.09. The number of piperidine rings is 1. The Balaban J connectivity index is 1.58. The molecule has 2 aliphatic heterocycles. The van der Waals surface area contributed by atoms with Crippen LogP contribution < -0.4 is 9.64 Å². The van der Waals surface area contributed by atoms with E-state index in [1.165, 1.54) is 0 Å². The van der Waals surface area contributed by atoms with Gasteiger partial charge in [0.25, 0.3) is 0 Å². The minimum atomic E-state index is -0.0459. The highest BCUT2D eigenvalue weighted by Gasteiger charge is 2.32. The minimum Gasteiger partial charge on any atom is -0.495 e. The van der Waals surface area contributed by atoms with Gasteiger partial charge in [0.1, 0.15) is 5.75 Å². The topological polar surface area (TPSA) is 53.1 Å². The largest absolute Gasteiger partial charge is 0.495 e. The number of benzene rings is 1. The summed E-state index contributed by atoms with van der Waals surface area (Å²) >= 11 is 0. The monoisotopic (exact) mass is 345 g/mol. The van der Waals surface area contributed by atoms with E-state index in [4.69, 9.17) is 4.74 Å². The van der Waals surface area contributed by atoms with Gasteiger partial charge in [0.2, 0.25) is 11.8 Å². The van der Waals surface area contributed by atoms with Gasteiger partial charge in [-0.05, 0) is 25.0 Å². The van der Waals surface area contributed by atoms with E-state index in [2.05, 4.69) is 11.0 Å². The Hall–Kier alpha value is -2.24. The quantitative estimate of drug-likeness (QED) is 0.835. The number of hydrogen-bond donors (Lipinski definition) is 0. The first-order valence-electron chi connectivity index (χ1n) is 9.02. The molecule has 0 spiro atoms. The van der Waals surface area contributed by atoms with Gasteiger partial charge in [-0.25, -0.2) is 0 Å². The number of amides is 2. The van der Waals surface area contributed by atoms with Gasteiger partial charge in [0.15, 0.2) is 0 Å². The third kappa shape index (κ3) is 3.89. The molecule has 2 saturated heterocycles. The van der Waals surface area contributed by atoms with Gasteiger partial charge in [0.05, 0.1) is 18.7 Å². The van der Waals surface area contributed by atoms with Crippen LogP contribution in [0.15, 0.2) is 24.3 Å². The van der Waals surface area contributed by atoms with Gasteiger partial charge in [-0.15, -0.1) is 0 Å². The molecule has 0 aliphatic carbocycles. The Morgan fingerprint density at radius 3 is 2.44 bits per heavy atom. The molecule has 136 valence electrons. The van der Waals surface area contributed by atoms with Gasteiger partial charge < -0.3 is 19.4 Å². The summed E-state index contributed by atoms with van der Waals surface area (Å²) < 4.78 is 5.44. The Bertz CT molecular complexity index is 626. The van der Waals surface area contributed by atoms with Crippen LogP contribution in [0.2, 0.25) is 0 Å². The third-order valence-corrected chi connectivity index (χ3v) is 5.23. The van der Waals surface area contributed by atoms with E-state index in [9.17, 15) is 9.59 Å². The van der Waals surface area contributed by atoms with Crippen LogP contribution in [0.4, 0.5) is 5.69 Å². The van der Waals surface area contributed by atoms with Crippen molar-refractivity contribution >= 4 is 17.5 Å². The van der Waals surface area contributed by atoms with E-state index in [1.807, 2.05) is 23.1 Å². The van der Waals surface area contributed by atoms with Gasteiger partial charge in [-0.2, -0.15) is 0 Å². The lowest BCUT2D eigenvalue weighted by molar-refractivity contribution is -0.140. The summed E-state index contributed by atoms with van der Waals surface area (Å²) in [6.45, 7) is 5.96. The number of nitrogens with zero attached hydrogens (tertiary/aromatic N) is 3. The Labute approximate surface area is 149 Å². The molecule has 0 bridgehead atoms. The highest BCUT2D eigenvalue weighted by atomic mass is 16.5. The molecule has 2 amide bonds. The SMILES string of the molecule is COc1ccccc1N1CCN(C(=O)C2CCCN(C(C)=O)C2)CC1. The lowest BCUT2D eigenvalue weighted by Crippen LogP contribution is -2.53. The van der Waals surface area contributed by atoms with Crippen LogP contribution in [0.25, 0.3) is 0 Å². The van der Waals surface area contributed by atoms with Crippen LogP contribution in [-0.2, 0) is 9.59 Å². The van der Waals surface area contributed by atoms with Crippen molar-refractivity contribution in [3.05, 3.63) is 24.3 Å². The van der Waals surface area contributed by atoms with Gasteiger partial charge >= 0.3 is 0 Å². The van der Waals surface area contributed by atoms with Crippen LogP contribution in [0, 0.1) is 5.92 Å². The fourth-order valence-corrected chi connectivity index (χ4v) is 3.78. The van der Waals surface area contributed by atoms with E-state index in [-0.39, 0.29) is 17.7 Å². The van der Waals surface area contributed by atoms with Crippen molar-refractivity contribution in [1.29, 1.82) is 0 Å². The van der Waals surface area contributed by atoms with Crippen LogP contribution in [0.1, 0.15) is 19.8 Å². The van der Waals surface area contributed by atoms with Crippen molar-refractivity contribution < 1.29 is 14.3 Å². The molecule has 6 heteroatoms. The van der Waals surface area contributed by atoms with Gasteiger partial charge in [-0.3, -0.25) is 9.59 Å². The van der Waals surface area contributed by atoms with Gasteiger partial charge in [0, 0.05) is 46.2 Å². The lowest BCUT2D eigenvalue weighted by atomic mass is 9.96. The van der Waals surface area contributed by atoms with E-state index in [0.717, 1.165) is 43.9 Å². The van der Waals surface area contributed by atoms with Crippen molar-refractivity contribution in [3.63, 3.8) is 0 Å². The maximum atomic E-state index is 12.8. The smallest absolute Gasteiger partial charge is 0.227 e. The minimum absolute atomic E-state index is 0.0459. The molecule has 1 aromatic rings. The number of ether oxygens (including phenoxy) is 1. The Morgan fingerprint density at radius 1 is 1.04 bits per heavy atom. The number of carbonyl (C=O) groups excluding carboxylic acids is 2. The summed E-state index contributed by atoms with van der Waals surface area (Å²) in [7, 11) is 1.68. The summed E-state index contributed by atoms with van der Waals surface area (Å²) in [6, 6.07) is 7.99. The molecule has 0 saturated carbocycles.